The number of hydrogen-bond acceptors (Lipinski definition) is 3. The molecular weight excluding hydrogens is 264 g/mol. The Balaban J connectivity index is 2.06. The quantitative estimate of drug-likeness (QED) is 0.911. The van der Waals surface area contributed by atoms with Gasteiger partial charge in [0.1, 0.15) is 5.69 Å². The van der Waals surface area contributed by atoms with Crippen LogP contribution in [0.4, 0.5) is 0 Å². The Morgan fingerprint density at radius 3 is 2.52 bits per heavy atom. The second-order valence-electron chi connectivity index (χ2n) is 5.49. The van der Waals surface area contributed by atoms with Crippen LogP contribution in [0.5, 0.6) is 0 Å². The van der Waals surface area contributed by atoms with Gasteiger partial charge in [-0.2, -0.15) is 0 Å². The molecule has 0 aliphatic carbocycles. The molecule has 0 saturated carbocycles. The van der Waals surface area contributed by atoms with Crippen LogP contribution in [0.3, 0.4) is 0 Å². The van der Waals surface area contributed by atoms with Gasteiger partial charge in [0, 0.05) is 13.6 Å². The molecule has 1 amide bonds. The lowest BCUT2D eigenvalue weighted by Crippen LogP contribution is -2.35. The molecule has 0 saturated heterocycles. The summed E-state index contributed by atoms with van der Waals surface area (Å²) in [4.78, 5) is 18.2. The molecule has 1 N–H and O–H groups in total. The van der Waals surface area contributed by atoms with Crippen LogP contribution in [-0.4, -0.2) is 41.0 Å². The third kappa shape index (κ3) is 3.70. The van der Waals surface area contributed by atoms with E-state index in [0.717, 1.165) is 0 Å². The van der Waals surface area contributed by atoms with Crippen molar-refractivity contribution in [3.63, 3.8) is 0 Å². The zero-order valence-electron chi connectivity index (χ0n) is 13.0. The molecule has 0 fully saturated rings. The summed E-state index contributed by atoms with van der Waals surface area (Å²) >= 11 is 0. The van der Waals surface area contributed by atoms with Crippen molar-refractivity contribution in [3.05, 3.63) is 53.6 Å². The molecule has 5 heteroatoms. The van der Waals surface area contributed by atoms with E-state index in [-0.39, 0.29) is 11.9 Å². The van der Waals surface area contributed by atoms with Crippen LogP contribution in [0.25, 0.3) is 0 Å². The number of amides is 1. The van der Waals surface area contributed by atoms with Gasteiger partial charge in [-0.1, -0.05) is 29.8 Å². The molecule has 0 bridgehead atoms. The van der Waals surface area contributed by atoms with Crippen LogP contribution in [0.1, 0.15) is 27.7 Å². The molecule has 2 rings (SSSR count). The summed E-state index contributed by atoms with van der Waals surface area (Å²) in [6.07, 6.45) is 3.20. The Morgan fingerprint density at radius 2 is 2.00 bits per heavy atom. The number of rotatable bonds is 5. The highest BCUT2D eigenvalue weighted by atomic mass is 16.1. The van der Waals surface area contributed by atoms with Gasteiger partial charge in [-0.3, -0.25) is 4.79 Å². The fraction of sp³-hybridized carbons (Fsp3) is 0.375. The van der Waals surface area contributed by atoms with Gasteiger partial charge in [0.25, 0.3) is 5.91 Å². The molecule has 0 spiro atoms. The summed E-state index contributed by atoms with van der Waals surface area (Å²) in [6, 6.07) is 8.54. The van der Waals surface area contributed by atoms with Gasteiger partial charge >= 0.3 is 0 Å². The van der Waals surface area contributed by atoms with Crippen molar-refractivity contribution in [1.82, 2.24) is 19.8 Å². The Hall–Kier alpha value is -2.14. The van der Waals surface area contributed by atoms with E-state index >= 15 is 0 Å². The lowest BCUT2D eigenvalue weighted by molar-refractivity contribution is 0.0933. The Bertz CT molecular complexity index is 601. The highest BCUT2D eigenvalue weighted by Gasteiger charge is 2.16. The number of nitrogens with zero attached hydrogens (tertiary/aromatic N) is 3. The van der Waals surface area contributed by atoms with E-state index in [1.54, 1.807) is 17.1 Å². The Morgan fingerprint density at radius 1 is 1.33 bits per heavy atom. The minimum Gasteiger partial charge on any atom is -0.349 e. The first-order chi connectivity index (χ1) is 9.99. The van der Waals surface area contributed by atoms with Gasteiger partial charge in [0.2, 0.25) is 0 Å². The van der Waals surface area contributed by atoms with E-state index in [1.165, 1.54) is 11.1 Å². The van der Waals surface area contributed by atoms with Crippen molar-refractivity contribution in [2.45, 2.75) is 13.0 Å². The smallest absolute Gasteiger partial charge is 0.269 e. The average Bonchev–Trinajstić information content (AvgIpc) is 2.86. The average molecular weight is 286 g/mol. The topological polar surface area (TPSA) is 50.2 Å². The van der Waals surface area contributed by atoms with Crippen LogP contribution >= 0.6 is 0 Å². The Labute approximate surface area is 125 Å². The van der Waals surface area contributed by atoms with Crippen LogP contribution < -0.4 is 5.32 Å². The van der Waals surface area contributed by atoms with E-state index in [2.05, 4.69) is 46.4 Å². The van der Waals surface area contributed by atoms with Gasteiger partial charge in [0.15, 0.2) is 0 Å². The molecule has 0 unspecified atom stereocenters. The lowest BCUT2D eigenvalue weighted by Gasteiger charge is -2.25. The van der Waals surface area contributed by atoms with Gasteiger partial charge in [-0.25, -0.2) is 4.98 Å². The number of imidazole rings is 1. The summed E-state index contributed by atoms with van der Waals surface area (Å²) in [5.74, 6) is -0.103. The number of aromatic nitrogens is 2. The molecule has 1 aromatic carbocycles. The fourth-order valence-corrected chi connectivity index (χ4v) is 2.24. The van der Waals surface area contributed by atoms with Crippen molar-refractivity contribution >= 4 is 5.91 Å². The second kappa shape index (κ2) is 6.54. The largest absolute Gasteiger partial charge is 0.349 e. The lowest BCUT2D eigenvalue weighted by atomic mass is 10.0. The zero-order valence-corrected chi connectivity index (χ0v) is 13.0. The maximum Gasteiger partial charge on any atom is 0.269 e. The van der Waals surface area contributed by atoms with Crippen LogP contribution in [0.15, 0.2) is 36.8 Å². The fourth-order valence-electron chi connectivity index (χ4n) is 2.24. The molecule has 2 aromatic rings. The monoisotopic (exact) mass is 286 g/mol. The number of aryl methyl sites for hydroxylation is 2. The SMILES string of the molecule is Cc1ccc([C@@H](CNC(=O)c2cncn2C)N(C)C)cc1. The van der Waals surface area contributed by atoms with Crippen molar-refractivity contribution in [1.29, 1.82) is 0 Å². The summed E-state index contributed by atoms with van der Waals surface area (Å²) in [6.45, 7) is 2.62. The number of likely N-dealkylation sites (N-methyl/N-ethyl adjacent to an activating group) is 1. The van der Waals surface area contributed by atoms with Crippen molar-refractivity contribution in [3.8, 4) is 0 Å². The molecule has 1 atom stereocenters. The number of benzene rings is 1. The van der Waals surface area contributed by atoms with Crippen LogP contribution in [0, 0.1) is 6.92 Å². The first-order valence-electron chi connectivity index (χ1n) is 6.96. The molecular formula is C16H22N4O. The molecule has 21 heavy (non-hydrogen) atoms. The maximum absolute atomic E-state index is 12.1. The third-order valence-electron chi connectivity index (χ3n) is 3.59. The highest BCUT2D eigenvalue weighted by molar-refractivity contribution is 5.92. The van der Waals surface area contributed by atoms with E-state index in [1.807, 2.05) is 21.1 Å². The minimum absolute atomic E-state index is 0.103. The summed E-state index contributed by atoms with van der Waals surface area (Å²) in [5.41, 5.74) is 2.99. The molecule has 112 valence electrons. The Kier molecular flexibility index (Phi) is 4.75. The van der Waals surface area contributed by atoms with E-state index < -0.39 is 0 Å². The van der Waals surface area contributed by atoms with Crippen molar-refractivity contribution in [2.75, 3.05) is 20.6 Å². The molecule has 0 aliphatic rings. The first kappa shape index (κ1) is 15.3. The zero-order chi connectivity index (χ0) is 15.4. The van der Waals surface area contributed by atoms with Crippen molar-refractivity contribution in [2.24, 2.45) is 7.05 Å². The van der Waals surface area contributed by atoms with Crippen LogP contribution in [0.2, 0.25) is 0 Å². The van der Waals surface area contributed by atoms with Gasteiger partial charge in [-0.15, -0.1) is 0 Å². The van der Waals surface area contributed by atoms with Crippen LogP contribution in [-0.2, 0) is 7.05 Å². The molecule has 0 radical (unpaired) electrons. The van der Waals surface area contributed by atoms with E-state index in [4.69, 9.17) is 0 Å². The number of nitrogens with one attached hydrogen (secondary N) is 1. The first-order valence-corrected chi connectivity index (χ1v) is 6.96. The van der Waals surface area contributed by atoms with Crippen molar-refractivity contribution < 1.29 is 4.79 Å². The molecule has 1 heterocycles. The highest BCUT2D eigenvalue weighted by Crippen LogP contribution is 2.18. The predicted octanol–water partition coefficient (Wildman–Crippen LogP) is 1.76. The van der Waals surface area contributed by atoms with E-state index in [0.29, 0.717) is 12.2 Å². The summed E-state index contributed by atoms with van der Waals surface area (Å²) < 4.78 is 1.71. The standard InChI is InChI=1S/C16H22N4O/c1-12-5-7-13(8-6-12)14(19(2)3)10-18-16(21)15-9-17-11-20(15)4/h5-9,11,14H,10H2,1-4H3,(H,18,21)/t14-/m1/s1. The van der Waals surface area contributed by atoms with Gasteiger partial charge in [0.05, 0.1) is 18.6 Å². The van der Waals surface area contributed by atoms with E-state index in [9.17, 15) is 4.79 Å². The third-order valence-corrected chi connectivity index (χ3v) is 3.59. The van der Waals surface area contributed by atoms with Gasteiger partial charge < -0.3 is 14.8 Å². The number of carbonyl (C=O) groups excluding carboxylic acids is 1. The maximum atomic E-state index is 12.1. The summed E-state index contributed by atoms with van der Waals surface area (Å²) in [5, 5.41) is 2.98. The molecule has 5 nitrogen and oxygen atoms in total. The number of carbonyl (C=O) groups is 1. The predicted molar refractivity (Wildman–Crippen MR) is 83.1 cm³/mol. The number of hydrogen-bond donors (Lipinski definition) is 1. The summed E-state index contributed by atoms with van der Waals surface area (Å²) in [7, 11) is 5.84. The van der Waals surface area contributed by atoms with Gasteiger partial charge in [-0.05, 0) is 26.6 Å². The molecule has 1 aromatic heterocycles. The molecule has 0 aliphatic heterocycles. The normalized spacial score (nSPS) is 12.4. The minimum atomic E-state index is -0.103. The second-order valence-corrected chi connectivity index (χ2v) is 5.49.